The van der Waals surface area contributed by atoms with Crippen molar-refractivity contribution in [2.24, 2.45) is 0 Å². The maximum atomic E-state index is 13.1. The number of hydrogen-bond acceptors (Lipinski definition) is 6. The number of aromatic nitrogens is 2. The van der Waals surface area contributed by atoms with Crippen LogP contribution in [0.5, 0.6) is 11.6 Å². The molecule has 0 spiro atoms. The van der Waals surface area contributed by atoms with Crippen molar-refractivity contribution in [2.45, 2.75) is 30.7 Å². The highest BCUT2D eigenvalue weighted by Gasteiger charge is 2.11. The van der Waals surface area contributed by atoms with E-state index in [0.29, 0.717) is 22.5 Å². The summed E-state index contributed by atoms with van der Waals surface area (Å²) >= 11 is 1.41. The van der Waals surface area contributed by atoms with E-state index in [-0.39, 0.29) is 17.4 Å². The van der Waals surface area contributed by atoms with E-state index in [1.807, 2.05) is 13.8 Å². The van der Waals surface area contributed by atoms with E-state index >= 15 is 0 Å². The average molecular weight is 399 g/mol. The Kier molecular flexibility index (Phi) is 6.20. The van der Waals surface area contributed by atoms with E-state index in [1.54, 1.807) is 18.2 Å². The van der Waals surface area contributed by atoms with Gasteiger partial charge in [0.2, 0.25) is 5.88 Å². The smallest absolute Gasteiger partial charge is 0.269 e. The quantitative estimate of drug-likeness (QED) is 0.218. The van der Waals surface area contributed by atoms with Crippen LogP contribution in [0.15, 0.2) is 59.8 Å². The first-order valence-electron chi connectivity index (χ1n) is 8.59. The van der Waals surface area contributed by atoms with Gasteiger partial charge in [0.1, 0.15) is 11.6 Å². The topological polar surface area (TPSA) is 78.2 Å². The summed E-state index contributed by atoms with van der Waals surface area (Å²) in [6, 6.07) is 13.9. The number of thioether (sulfide) groups is 1. The first-order valence-corrected chi connectivity index (χ1v) is 9.58. The Labute approximate surface area is 165 Å². The number of halogens is 1. The molecule has 0 fully saturated rings. The zero-order chi connectivity index (χ0) is 20.1. The van der Waals surface area contributed by atoms with Gasteiger partial charge in [0.05, 0.1) is 10.6 Å². The summed E-state index contributed by atoms with van der Waals surface area (Å²) in [5, 5.41) is 11.3. The van der Waals surface area contributed by atoms with Crippen molar-refractivity contribution in [3.63, 3.8) is 0 Å². The molecule has 0 amide bonds. The Balaban J connectivity index is 1.76. The van der Waals surface area contributed by atoms with Gasteiger partial charge in [-0.05, 0) is 35.7 Å². The van der Waals surface area contributed by atoms with E-state index in [1.165, 1.54) is 48.2 Å². The lowest BCUT2D eigenvalue weighted by Crippen LogP contribution is -2.00. The molecular weight excluding hydrogens is 381 g/mol. The fraction of sp³-hybridized carbons (Fsp3) is 0.200. The first kappa shape index (κ1) is 19.8. The molecule has 0 N–H and O–H groups in total. The van der Waals surface area contributed by atoms with Crippen molar-refractivity contribution in [3.05, 3.63) is 81.8 Å². The molecule has 2 aromatic carbocycles. The number of nitro benzene ring substituents is 1. The zero-order valence-corrected chi connectivity index (χ0v) is 16.1. The monoisotopic (exact) mass is 399 g/mol. The molecule has 0 radical (unpaired) electrons. The van der Waals surface area contributed by atoms with Crippen molar-refractivity contribution in [3.8, 4) is 11.6 Å². The van der Waals surface area contributed by atoms with Crippen molar-refractivity contribution < 1.29 is 14.1 Å². The average Bonchev–Trinajstić information content (AvgIpc) is 2.68. The van der Waals surface area contributed by atoms with Gasteiger partial charge in [-0.1, -0.05) is 37.7 Å². The molecule has 3 rings (SSSR count). The first-order chi connectivity index (χ1) is 13.4. The molecule has 1 aromatic heterocycles. The van der Waals surface area contributed by atoms with E-state index in [2.05, 4.69) is 9.97 Å². The van der Waals surface area contributed by atoms with E-state index < -0.39 is 4.92 Å². The Hall–Kier alpha value is -3.00. The Morgan fingerprint density at radius 1 is 1.11 bits per heavy atom. The fourth-order valence-electron chi connectivity index (χ4n) is 2.32. The second-order valence-corrected chi connectivity index (χ2v) is 7.28. The minimum absolute atomic E-state index is 0.0572. The second-order valence-electron chi connectivity index (χ2n) is 6.34. The van der Waals surface area contributed by atoms with Gasteiger partial charge >= 0.3 is 0 Å². The molecule has 0 unspecified atom stereocenters. The molecule has 0 saturated carbocycles. The fourth-order valence-corrected chi connectivity index (χ4v) is 3.13. The van der Waals surface area contributed by atoms with Crippen LogP contribution in [0.4, 0.5) is 10.1 Å². The molecule has 0 aliphatic heterocycles. The number of non-ortho nitro benzene ring substituents is 1. The molecule has 0 saturated heterocycles. The molecule has 8 heteroatoms. The molecular formula is C20H18FN3O3S. The molecule has 0 atom stereocenters. The number of hydrogen-bond donors (Lipinski definition) is 0. The number of rotatable bonds is 7. The van der Waals surface area contributed by atoms with Gasteiger partial charge in [-0.2, -0.15) is 4.98 Å². The van der Waals surface area contributed by atoms with Gasteiger partial charge in [0.15, 0.2) is 5.16 Å². The van der Waals surface area contributed by atoms with Gasteiger partial charge in [-0.25, -0.2) is 9.37 Å². The Morgan fingerprint density at radius 3 is 2.39 bits per heavy atom. The molecule has 0 aliphatic carbocycles. The molecule has 28 heavy (non-hydrogen) atoms. The van der Waals surface area contributed by atoms with Crippen molar-refractivity contribution in [1.82, 2.24) is 9.97 Å². The van der Waals surface area contributed by atoms with Crippen LogP contribution in [-0.2, 0) is 5.75 Å². The third kappa shape index (κ3) is 5.26. The number of ether oxygens (including phenoxy) is 1. The third-order valence-electron chi connectivity index (χ3n) is 3.84. The highest BCUT2D eigenvalue weighted by Crippen LogP contribution is 2.28. The van der Waals surface area contributed by atoms with Crippen LogP contribution in [-0.4, -0.2) is 14.9 Å². The largest absolute Gasteiger partial charge is 0.439 e. The summed E-state index contributed by atoms with van der Waals surface area (Å²) in [4.78, 5) is 19.3. The van der Waals surface area contributed by atoms with Crippen molar-refractivity contribution in [2.75, 3.05) is 0 Å². The van der Waals surface area contributed by atoms with E-state index in [4.69, 9.17) is 4.74 Å². The summed E-state index contributed by atoms with van der Waals surface area (Å²) in [5.41, 5.74) is 1.82. The van der Waals surface area contributed by atoms with Gasteiger partial charge in [-0.3, -0.25) is 10.1 Å². The highest BCUT2D eigenvalue weighted by atomic mass is 32.2. The van der Waals surface area contributed by atoms with E-state index in [0.717, 1.165) is 11.3 Å². The SMILES string of the molecule is CC(C)c1cc(Oc2ccc(F)cc2)nc(SCc2ccc([N+](=O)[O-])cc2)n1. The van der Waals surface area contributed by atoms with Gasteiger partial charge < -0.3 is 4.74 Å². The standard InChI is InChI=1S/C20H18FN3O3S/c1-13(2)18-11-19(27-17-9-5-15(21)6-10-17)23-20(22-18)28-12-14-3-7-16(8-4-14)24(25)26/h3-11,13H,12H2,1-2H3. The molecule has 144 valence electrons. The summed E-state index contributed by atoms with van der Waals surface area (Å²) in [7, 11) is 0. The van der Waals surface area contributed by atoms with Gasteiger partial charge in [-0.15, -0.1) is 0 Å². The van der Waals surface area contributed by atoms with E-state index in [9.17, 15) is 14.5 Å². The summed E-state index contributed by atoms with van der Waals surface area (Å²) in [6.45, 7) is 4.05. The molecule has 1 heterocycles. The lowest BCUT2D eigenvalue weighted by Gasteiger charge is -2.11. The highest BCUT2D eigenvalue weighted by molar-refractivity contribution is 7.98. The summed E-state index contributed by atoms with van der Waals surface area (Å²) in [5.74, 6) is 1.28. The van der Waals surface area contributed by atoms with Gasteiger partial charge in [0.25, 0.3) is 5.69 Å². The van der Waals surface area contributed by atoms with Crippen LogP contribution in [0.3, 0.4) is 0 Å². The molecule has 0 aliphatic rings. The Morgan fingerprint density at radius 2 is 1.79 bits per heavy atom. The predicted molar refractivity (Wildman–Crippen MR) is 105 cm³/mol. The summed E-state index contributed by atoms with van der Waals surface area (Å²) < 4.78 is 18.8. The number of nitro groups is 1. The van der Waals surface area contributed by atoms with Crippen molar-refractivity contribution in [1.29, 1.82) is 0 Å². The van der Waals surface area contributed by atoms with Crippen LogP contribution in [0.1, 0.15) is 31.0 Å². The molecule has 0 bridgehead atoms. The summed E-state index contributed by atoms with van der Waals surface area (Å²) in [6.07, 6.45) is 0. The minimum Gasteiger partial charge on any atom is -0.439 e. The second kappa shape index (κ2) is 8.79. The maximum absolute atomic E-state index is 13.1. The van der Waals surface area contributed by atoms with Crippen LogP contribution < -0.4 is 4.74 Å². The number of benzene rings is 2. The minimum atomic E-state index is -0.425. The predicted octanol–water partition coefficient (Wildman–Crippen LogP) is 5.73. The van der Waals surface area contributed by atoms with Crippen molar-refractivity contribution >= 4 is 17.4 Å². The van der Waals surface area contributed by atoms with Crippen LogP contribution >= 0.6 is 11.8 Å². The molecule has 6 nitrogen and oxygen atoms in total. The van der Waals surface area contributed by atoms with Crippen LogP contribution in [0.25, 0.3) is 0 Å². The zero-order valence-electron chi connectivity index (χ0n) is 15.3. The van der Waals surface area contributed by atoms with Gasteiger partial charge in [0, 0.05) is 24.0 Å². The molecule has 3 aromatic rings. The Bertz CT molecular complexity index is 963. The normalized spacial score (nSPS) is 10.9. The number of nitrogens with zero attached hydrogens (tertiary/aromatic N) is 3. The maximum Gasteiger partial charge on any atom is 0.269 e. The lowest BCUT2D eigenvalue weighted by molar-refractivity contribution is -0.384. The van der Waals surface area contributed by atoms with Crippen LogP contribution in [0, 0.1) is 15.9 Å². The third-order valence-corrected chi connectivity index (χ3v) is 4.76. The van der Waals surface area contributed by atoms with Crippen LogP contribution in [0.2, 0.25) is 0 Å². The lowest BCUT2D eigenvalue weighted by atomic mass is 10.1.